The first-order valence-electron chi connectivity index (χ1n) is 10.4. The Hall–Kier alpha value is -3.69. The molecule has 166 valence electrons. The molecule has 0 atom stereocenters. The fourth-order valence-corrected chi connectivity index (χ4v) is 4.29. The zero-order valence-electron chi connectivity index (χ0n) is 17.7. The van der Waals surface area contributed by atoms with Gasteiger partial charge in [-0.15, -0.1) is 5.10 Å². The smallest absolute Gasteiger partial charge is 0.387 e. The molecule has 1 saturated heterocycles. The summed E-state index contributed by atoms with van der Waals surface area (Å²) in [6.07, 6.45) is 2.60. The predicted octanol–water partition coefficient (Wildman–Crippen LogP) is 3.71. The number of benzene rings is 1. The van der Waals surface area contributed by atoms with E-state index in [1.807, 2.05) is 32.2 Å². The van der Waals surface area contributed by atoms with Gasteiger partial charge in [-0.1, -0.05) is 0 Å². The molecule has 8 nitrogen and oxygen atoms in total. The Kier molecular flexibility index (Phi) is 4.91. The number of nitrogens with one attached hydrogen (secondary N) is 1. The lowest BCUT2D eigenvalue weighted by atomic mass is 10.1. The molecule has 1 aromatic carbocycles. The van der Waals surface area contributed by atoms with Gasteiger partial charge in [0.2, 0.25) is 0 Å². The molecule has 1 N–H and O–H groups in total. The molecule has 2 aliphatic heterocycles. The van der Waals surface area contributed by atoms with Crippen molar-refractivity contribution in [1.29, 1.82) is 0 Å². The molecule has 0 bridgehead atoms. The van der Waals surface area contributed by atoms with E-state index in [1.165, 1.54) is 0 Å². The summed E-state index contributed by atoms with van der Waals surface area (Å²) in [5, 5.41) is 7.42. The lowest BCUT2D eigenvalue weighted by molar-refractivity contribution is -0.0498. The van der Waals surface area contributed by atoms with Crippen LogP contribution in [-0.4, -0.2) is 47.0 Å². The maximum atomic E-state index is 12.5. The molecule has 1 fully saturated rings. The first kappa shape index (κ1) is 20.2. The van der Waals surface area contributed by atoms with Gasteiger partial charge in [0, 0.05) is 48.8 Å². The highest BCUT2D eigenvalue weighted by Gasteiger charge is 2.28. The van der Waals surface area contributed by atoms with E-state index in [1.54, 1.807) is 27.8 Å². The van der Waals surface area contributed by atoms with Crippen molar-refractivity contribution in [3.8, 4) is 11.4 Å². The minimum Gasteiger partial charge on any atom is -0.435 e. The number of urea groups is 1. The number of aromatic nitrogens is 3. The number of halogens is 2. The average Bonchev–Trinajstić information content (AvgIpc) is 3.46. The van der Waals surface area contributed by atoms with E-state index >= 15 is 0 Å². The third kappa shape index (κ3) is 3.51. The summed E-state index contributed by atoms with van der Waals surface area (Å²) in [6.45, 7) is 2.82. The van der Waals surface area contributed by atoms with Crippen LogP contribution in [0.1, 0.15) is 16.8 Å². The predicted molar refractivity (Wildman–Crippen MR) is 115 cm³/mol. The number of fused-ring (bicyclic) bond motifs is 1. The fourth-order valence-electron chi connectivity index (χ4n) is 4.29. The molecule has 2 aromatic heterocycles. The fraction of sp³-hybridized carbons (Fsp3) is 0.318. The molecule has 0 aliphatic carbocycles. The second-order valence-electron chi connectivity index (χ2n) is 7.82. The monoisotopic (exact) mass is 440 g/mol. The zero-order valence-corrected chi connectivity index (χ0v) is 17.7. The number of rotatable bonds is 5. The number of amides is 2. The van der Waals surface area contributed by atoms with E-state index in [-0.39, 0.29) is 11.8 Å². The van der Waals surface area contributed by atoms with Gasteiger partial charge in [-0.3, -0.25) is 4.90 Å². The summed E-state index contributed by atoms with van der Waals surface area (Å²) in [6, 6.07) is 8.60. The number of carbonyl (C=O) groups excluding carboxylic acids is 1. The Morgan fingerprint density at radius 1 is 1.09 bits per heavy atom. The Morgan fingerprint density at radius 3 is 2.66 bits per heavy atom. The average molecular weight is 440 g/mol. The Balaban J connectivity index is 1.50. The summed E-state index contributed by atoms with van der Waals surface area (Å²) >= 11 is 0. The number of anilines is 3. The normalized spacial score (nSPS) is 15.5. The quantitative estimate of drug-likeness (QED) is 0.655. The van der Waals surface area contributed by atoms with Crippen molar-refractivity contribution in [2.75, 3.05) is 29.4 Å². The second-order valence-corrected chi connectivity index (χ2v) is 7.82. The SMILES string of the molecule is Cc1cc(-n2ccc(N3CCNC3=O)n2)c2c(n1)N(c1ccc(OC(F)F)cc1C)CC2. The largest absolute Gasteiger partial charge is 0.435 e. The minimum atomic E-state index is -2.86. The molecule has 0 spiro atoms. The van der Waals surface area contributed by atoms with Gasteiger partial charge in [-0.25, -0.2) is 14.5 Å². The van der Waals surface area contributed by atoms with Gasteiger partial charge in [0.05, 0.1) is 5.69 Å². The molecule has 10 heteroatoms. The van der Waals surface area contributed by atoms with Crippen molar-refractivity contribution in [2.24, 2.45) is 0 Å². The van der Waals surface area contributed by atoms with Gasteiger partial charge in [-0.2, -0.15) is 8.78 Å². The lowest BCUT2D eigenvalue weighted by Gasteiger charge is -2.22. The third-order valence-electron chi connectivity index (χ3n) is 5.69. The number of alkyl halides is 2. The van der Waals surface area contributed by atoms with Gasteiger partial charge in [-0.05, 0) is 50.1 Å². The van der Waals surface area contributed by atoms with E-state index in [0.717, 1.165) is 40.4 Å². The number of ether oxygens (including phenoxy) is 1. The zero-order chi connectivity index (χ0) is 22.4. The standard InChI is InChI=1S/C22H22F2N6O2/c1-13-11-15(32-21(23)24)3-4-17(13)28-8-5-16-18(12-14(2)26-20(16)28)30-9-6-19(27-30)29-10-7-25-22(29)31/h3-4,6,9,11-12,21H,5,7-8,10H2,1-2H3,(H,25,31). The van der Waals surface area contributed by atoms with Crippen molar-refractivity contribution < 1.29 is 18.3 Å². The van der Waals surface area contributed by atoms with Crippen LogP contribution in [0.2, 0.25) is 0 Å². The van der Waals surface area contributed by atoms with Crippen LogP contribution >= 0.6 is 0 Å². The molecule has 4 heterocycles. The summed E-state index contributed by atoms with van der Waals surface area (Å²) < 4.78 is 31.4. The first-order valence-corrected chi connectivity index (χ1v) is 10.4. The van der Waals surface area contributed by atoms with Crippen LogP contribution in [0.4, 0.5) is 30.9 Å². The van der Waals surface area contributed by atoms with Crippen LogP contribution in [0.5, 0.6) is 5.75 Å². The number of nitrogens with zero attached hydrogens (tertiary/aromatic N) is 5. The molecule has 32 heavy (non-hydrogen) atoms. The maximum Gasteiger partial charge on any atom is 0.387 e. The van der Waals surface area contributed by atoms with Crippen molar-refractivity contribution >= 4 is 23.4 Å². The Bertz CT molecular complexity index is 1200. The van der Waals surface area contributed by atoms with Crippen LogP contribution < -0.4 is 19.9 Å². The summed E-state index contributed by atoms with van der Waals surface area (Å²) in [5.41, 5.74) is 4.50. The van der Waals surface area contributed by atoms with Gasteiger partial charge in [0.25, 0.3) is 0 Å². The molecule has 0 unspecified atom stereocenters. The lowest BCUT2D eigenvalue weighted by Crippen LogP contribution is -2.28. The van der Waals surface area contributed by atoms with Gasteiger partial charge >= 0.3 is 12.6 Å². The minimum absolute atomic E-state index is 0.133. The second kappa shape index (κ2) is 7.77. The molecular weight excluding hydrogens is 418 g/mol. The molecule has 5 rings (SSSR count). The van der Waals surface area contributed by atoms with Crippen LogP contribution in [0.25, 0.3) is 5.69 Å². The van der Waals surface area contributed by atoms with Gasteiger partial charge < -0.3 is 15.0 Å². The van der Waals surface area contributed by atoms with E-state index in [2.05, 4.69) is 20.1 Å². The molecular formula is C22H22F2N6O2. The highest BCUT2D eigenvalue weighted by atomic mass is 19.3. The molecule has 2 aliphatic rings. The van der Waals surface area contributed by atoms with Crippen molar-refractivity contribution in [3.05, 3.63) is 53.3 Å². The van der Waals surface area contributed by atoms with Crippen LogP contribution in [-0.2, 0) is 6.42 Å². The Morgan fingerprint density at radius 2 is 1.94 bits per heavy atom. The maximum absolute atomic E-state index is 12.5. The van der Waals surface area contributed by atoms with Crippen LogP contribution in [0.15, 0.2) is 36.5 Å². The summed E-state index contributed by atoms with van der Waals surface area (Å²) in [5.74, 6) is 1.55. The summed E-state index contributed by atoms with van der Waals surface area (Å²) in [7, 11) is 0. The molecule has 2 amide bonds. The third-order valence-corrected chi connectivity index (χ3v) is 5.69. The number of carbonyl (C=O) groups is 1. The van der Waals surface area contributed by atoms with Gasteiger partial charge in [0.1, 0.15) is 11.6 Å². The highest BCUT2D eigenvalue weighted by Crippen LogP contribution is 2.39. The first-order chi connectivity index (χ1) is 15.4. The molecule has 3 aromatic rings. The van der Waals surface area contributed by atoms with E-state index in [4.69, 9.17) is 4.98 Å². The molecule has 0 radical (unpaired) electrons. The van der Waals surface area contributed by atoms with Crippen LogP contribution in [0, 0.1) is 13.8 Å². The Labute approximate surface area is 183 Å². The summed E-state index contributed by atoms with van der Waals surface area (Å²) in [4.78, 5) is 20.4. The van der Waals surface area contributed by atoms with Crippen molar-refractivity contribution in [2.45, 2.75) is 26.9 Å². The highest BCUT2D eigenvalue weighted by molar-refractivity contribution is 5.93. The van der Waals surface area contributed by atoms with Crippen molar-refractivity contribution in [3.63, 3.8) is 0 Å². The number of hydrogen-bond donors (Lipinski definition) is 1. The van der Waals surface area contributed by atoms with Crippen LogP contribution in [0.3, 0.4) is 0 Å². The topological polar surface area (TPSA) is 75.5 Å². The van der Waals surface area contributed by atoms with E-state index in [9.17, 15) is 13.6 Å². The van der Waals surface area contributed by atoms with Crippen molar-refractivity contribution in [1.82, 2.24) is 20.1 Å². The number of hydrogen-bond acceptors (Lipinski definition) is 5. The van der Waals surface area contributed by atoms with Gasteiger partial charge in [0.15, 0.2) is 5.82 Å². The molecule has 0 saturated carbocycles. The van der Waals surface area contributed by atoms with E-state index < -0.39 is 6.61 Å². The number of pyridine rings is 1. The van der Waals surface area contributed by atoms with E-state index in [0.29, 0.717) is 25.5 Å². The number of aryl methyl sites for hydroxylation is 2.